The molecule has 1 aliphatic carbocycles. The predicted molar refractivity (Wildman–Crippen MR) is 153 cm³/mol. The van der Waals surface area contributed by atoms with Gasteiger partial charge in [0.15, 0.2) is 0 Å². The van der Waals surface area contributed by atoms with Crippen molar-refractivity contribution in [1.82, 2.24) is 0 Å². The zero-order valence-electron chi connectivity index (χ0n) is 23.1. The minimum absolute atomic E-state index is 0.0190. The zero-order chi connectivity index (χ0) is 24.8. The van der Waals surface area contributed by atoms with Gasteiger partial charge >= 0.3 is 0 Å². The van der Waals surface area contributed by atoms with Crippen molar-refractivity contribution in [2.75, 3.05) is 0 Å². The summed E-state index contributed by atoms with van der Waals surface area (Å²) >= 11 is 0. The van der Waals surface area contributed by atoms with Crippen molar-refractivity contribution in [3.8, 4) is 5.75 Å². The lowest BCUT2D eigenvalue weighted by Crippen LogP contribution is -2.59. The van der Waals surface area contributed by atoms with Gasteiger partial charge in [-0.15, -0.1) is 0 Å². The Balaban J connectivity index is 2.48. The smallest absolute Gasteiger partial charge is 0.242 e. The number of allylic oxidation sites excluding steroid dienone is 1. The third-order valence-corrected chi connectivity index (χ3v) is 13.3. The Kier molecular flexibility index (Phi) is 7.01. The maximum Gasteiger partial charge on any atom is 0.242 e. The first-order valence-electron chi connectivity index (χ1n) is 12.8. The SMILES string of the molecule is CC[Si](CC)(c1cccc2c1C=CC2)c1cc(C(C)(C)C)cc(C(C)(C)C)c1O[Si](C)(C)C. The van der Waals surface area contributed by atoms with Crippen LogP contribution in [0.1, 0.15) is 77.6 Å². The van der Waals surface area contributed by atoms with Crippen molar-refractivity contribution < 1.29 is 4.43 Å². The summed E-state index contributed by atoms with van der Waals surface area (Å²) in [7, 11) is -3.89. The van der Waals surface area contributed by atoms with Gasteiger partial charge in [0.25, 0.3) is 0 Å². The van der Waals surface area contributed by atoms with Crippen LogP contribution in [0.3, 0.4) is 0 Å². The van der Waals surface area contributed by atoms with Crippen molar-refractivity contribution in [1.29, 1.82) is 0 Å². The molecule has 0 amide bonds. The van der Waals surface area contributed by atoms with E-state index in [1.165, 1.54) is 45.3 Å². The third kappa shape index (κ3) is 5.10. The fourth-order valence-corrected chi connectivity index (χ4v) is 10.7. The van der Waals surface area contributed by atoms with Crippen LogP contribution in [0.2, 0.25) is 31.7 Å². The van der Waals surface area contributed by atoms with Gasteiger partial charge in [0.2, 0.25) is 8.32 Å². The van der Waals surface area contributed by atoms with Gasteiger partial charge in [-0.1, -0.05) is 110 Å². The molecule has 0 saturated carbocycles. The summed E-state index contributed by atoms with van der Waals surface area (Å²) in [5.41, 5.74) is 5.91. The quantitative estimate of drug-likeness (QED) is 0.387. The predicted octanol–water partition coefficient (Wildman–Crippen LogP) is 7.67. The highest BCUT2D eigenvalue weighted by molar-refractivity contribution is 7.03. The number of hydrogen-bond donors (Lipinski definition) is 0. The van der Waals surface area contributed by atoms with Crippen molar-refractivity contribution >= 4 is 32.8 Å². The summed E-state index contributed by atoms with van der Waals surface area (Å²) in [6, 6.07) is 14.4. The van der Waals surface area contributed by atoms with E-state index in [9.17, 15) is 0 Å². The Bertz CT molecular complexity index is 1040. The van der Waals surface area contributed by atoms with E-state index in [4.69, 9.17) is 4.43 Å². The Labute approximate surface area is 205 Å². The average molecular weight is 479 g/mol. The summed E-state index contributed by atoms with van der Waals surface area (Å²) < 4.78 is 7.06. The second kappa shape index (κ2) is 8.89. The first-order chi connectivity index (χ1) is 15.1. The molecule has 1 nitrogen and oxygen atoms in total. The maximum atomic E-state index is 7.06. The van der Waals surface area contributed by atoms with E-state index < -0.39 is 16.4 Å². The first-order valence-corrected chi connectivity index (χ1v) is 18.6. The van der Waals surface area contributed by atoms with Crippen LogP contribution >= 0.6 is 0 Å². The fraction of sp³-hybridized carbons (Fsp3) is 0.533. The molecule has 0 atom stereocenters. The summed E-state index contributed by atoms with van der Waals surface area (Å²) in [5.74, 6) is 1.21. The minimum Gasteiger partial charge on any atom is -0.544 e. The minimum atomic E-state index is -2.07. The van der Waals surface area contributed by atoms with Gasteiger partial charge < -0.3 is 4.43 Å². The molecule has 3 rings (SSSR count). The maximum absolute atomic E-state index is 7.06. The fourth-order valence-electron chi connectivity index (χ4n) is 5.26. The molecular weight excluding hydrogens is 433 g/mol. The van der Waals surface area contributed by atoms with Crippen LogP contribution in [0.15, 0.2) is 36.4 Å². The van der Waals surface area contributed by atoms with E-state index in [0.29, 0.717) is 0 Å². The summed E-state index contributed by atoms with van der Waals surface area (Å²) in [6.45, 7) is 25.9. The lowest BCUT2D eigenvalue weighted by Gasteiger charge is -2.39. The molecule has 0 aromatic heterocycles. The molecule has 0 bridgehead atoms. The van der Waals surface area contributed by atoms with Crippen LogP contribution in [0.4, 0.5) is 0 Å². The molecule has 1 aliphatic rings. The molecule has 0 unspecified atom stereocenters. The number of fused-ring (bicyclic) bond motifs is 1. The highest BCUT2D eigenvalue weighted by Gasteiger charge is 2.41. The molecule has 2 aromatic carbocycles. The van der Waals surface area contributed by atoms with Crippen LogP contribution in [0.5, 0.6) is 5.75 Å². The molecule has 0 radical (unpaired) electrons. The summed E-state index contributed by atoms with van der Waals surface area (Å²) in [5, 5.41) is 3.13. The van der Waals surface area contributed by atoms with Gasteiger partial charge in [0, 0.05) is 0 Å². The summed E-state index contributed by atoms with van der Waals surface area (Å²) in [4.78, 5) is 0. The number of hydrogen-bond acceptors (Lipinski definition) is 1. The topological polar surface area (TPSA) is 9.23 Å². The van der Waals surface area contributed by atoms with Crippen LogP contribution in [-0.4, -0.2) is 16.4 Å². The Morgan fingerprint density at radius 3 is 2.00 bits per heavy atom. The Morgan fingerprint density at radius 2 is 1.48 bits per heavy atom. The molecular formula is C30H46OSi2. The highest BCUT2D eigenvalue weighted by atomic mass is 28.4. The average Bonchev–Trinajstić information content (AvgIpc) is 3.16. The normalized spacial score (nSPS) is 14.5. The molecule has 0 N–H and O–H groups in total. The second-order valence-corrected chi connectivity index (χ2v) is 22.0. The van der Waals surface area contributed by atoms with Gasteiger partial charge in [-0.25, -0.2) is 0 Å². The molecule has 0 fully saturated rings. The van der Waals surface area contributed by atoms with E-state index in [-0.39, 0.29) is 10.8 Å². The van der Waals surface area contributed by atoms with Gasteiger partial charge in [0.05, 0.1) is 0 Å². The molecule has 0 saturated heterocycles. The van der Waals surface area contributed by atoms with Crippen LogP contribution in [0, 0.1) is 0 Å². The number of rotatable bonds is 6. The summed E-state index contributed by atoms with van der Waals surface area (Å²) in [6.07, 6.45) is 5.79. The molecule has 180 valence electrons. The molecule has 33 heavy (non-hydrogen) atoms. The van der Waals surface area contributed by atoms with Crippen LogP contribution < -0.4 is 14.8 Å². The molecule has 3 heteroatoms. The van der Waals surface area contributed by atoms with Crippen molar-refractivity contribution in [2.45, 2.75) is 104 Å². The van der Waals surface area contributed by atoms with Crippen molar-refractivity contribution in [3.63, 3.8) is 0 Å². The van der Waals surface area contributed by atoms with Gasteiger partial charge in [-0.3, -0.25) is 0 Å². The largest absolute Gasteiger partial charge is 0.544 e. The molecule has 0 spiro atoms. The first kappa shape index (κ1) is 26.0. The van der Waals surface area contributed by atoms with Gasteiger partial charge in [-0.2, -0.15) is 0 Å². The third-order valence-electron chi connectivity index (χ3n) is 7.23. The lowest BCUT2D eigenvalue weighted by molar-refractivity contribution is 0.506. The Hall–Kier alpha value is -1.59. The Morgan fingerprint density at radius 1 is 0.848 bits per heavy atom. The van der Waals surface area contributed by atoms with Gasteiger partial charge in [-0.05, 0) is 69.5 Å². The van der Waals surface area contributed by atoms with E-state index in [1.54, 1.807) is 5.19 Å². The van der Waals surface area contributed by atoms with E-state index in [0.717, 1.165) is 6.42 Å². The standard InChI is InChI=1S/C30H46OSi2/c1-12-33(13-2,26-19-15-17-22-16-14-18-24(22)26)27-21-23(29(3,4)5)20-25(30(6,7)8)28(27)31-32(9,10)11/h14-15,17-21H,12-13,16H2,1-11H3. The lowest BCUT2D eigenvalue weighted by atomic mass is 9.80. The molecule has 0 aliphatic heterocycles. The van der Waals surface area contributed by atoms with Crippen molar-refractivity contribution in [3.05, 3.63) is 58.7 Å². The highest BCUT2D eigenvalue weighted by Crippen LogP contribution is 2.38. The van der Waals surface area contributed by atoms with Crippen molar-refractivity contribution in [2.24, 2.45) is 0 Å². The van der Waals surface area contributed by atoms with Gasteiger partial charge in [0.1, 0.15) is 13.8 Å². The monoisotopic (exact) mass is 478 g/mol. The van der Waals surface area contributed by atoms with E-state index in [2.05, 4.69) is 118 Å². The number of benzene rings is 2. The van der Waals surface area contributed by atoms with E-state index in [1.807, 2.05) is 0 Å². The molecule has 2 aromatic rings. The van der Waals surface area contributed by atoms with E-state index >= 15 is 0 Å². The van der Waals surface area contributed by atoms with Crippen LogP contribution in [0.25, 0.3) is 6.08 Å². The molecule has 0 heterocycles. The second-order valence-electron chi connectivity index (χ2n) is 12.9. The van der Waals surface area contributed by atoms with Crippen LogP contribution in [-0.2, 0) is 17.3 Å². The zero-order valence-corrected chi connectivity index (χ0v) is 25.1.